The minimum Gasteiger partial charge on any atom is -0.467 e. The van der Waals surface area contributed by atoms with Crippen LogP contribution in [0.4, 0.5) is 0 Å². The number of carbonyl (C=O) groups excluding carboxylic acids is 6. The standard InChI is InChI=1S/C26H26N6O8/c1-28-22(34)20(23(35)29-30-39)32(3)25(37)18-13-9-16(10-14-18)6-5-15-7-11-17(12-8-15)24(36)31(2)19(21(27)33)26(38)40-4/h7-14,19-20H,1-4H3,(H2,27,33)(H,28,34)(H,29,35,39). The van der Waals surface area contributed by atoms with Gasteiger partial charge in [-0.2, -0.15) is 0 Å². The lowest BCUT2D eigenvalue weighted by molar-refractivity contribution is -0.149. The minimum atomic E-state index is -1.62. The molecule has 2 aromatic carbocycles. The molecule has 14 heteroatoms. The zero-order valence-corrected chi connectivity index (χ0v) is 22.0. The van der Waals surface area contributed by atoms with Crippen molar-refractivity contribution >= 4 is 35.5 Å². The van der Waals surface area contributed by atoms with E-state index in [2.05, 4.69) is 27.2 Å². The van der Waals surface area contributed by atoms with Gasteiger partial charge in [-0.15, -0.1) is 4.91 Å². The number of benzene rings is 2. The van der Waals surface area contributed by atoms with Crippen molar-refractivity contribution in [3.8, 4) is 11.8 Å². The van der Waals surface area contributed by atoms with Crippen molar-refractivity contribution in [3.05, 3.63) is 75.7 Å². The molecule has 0 spiro atoms. The number of hydrogen-bond acceptors (Lipinski definition) is 9. The molecule has 2 atom stereocenters. The van der Waals surface area contributed by atoms with Crippen molar-refractivity contribution in [2.75, 3.05) is 28.3 Å². The maximum Gasteiger partial charge on any atom is 0.338 e. The first-order chi connectivity index (χ1) is 19.0. The zero-order valence-electron chi connectivity index (χ0n) is 22.0. The smallest absolute Gasteiger partial charge is 0.338 e. The normalized spacial score (nSPS) is 11.4. The molecule has 2 aromatic rings. The summed E-state index contributed by atoms with van der Waals surface area (Å²) < 4.78 is 4.53. The number of hydrogen-bond donors (Lipinski definition) is 3. The first-order valence-corrected chi connectivity index (χ1v) is 11.4. The SMILES string of the molecule is CNC(=O)C(C(=O)NN=O)N(C)C(=O)c1ccc(C#Cc2ccc(C(=O)N(C)C(C(N)=O)C(=O)OC)cc2)cc1. The van der Waals surface area contributed by atoms with Crippen molar-refractivity contribution in [1.29, 1.82) is 0 Å². The second-order valence-electron chi connectivity index (χ2n) is 8.15. The summed E-state index contributed by atoms with van der Waals surface area (Å²) in [5, 5.41) is 4.50. The molecular weight excluding hydrogens is 524 g/mol. The van der Waals surface area contributed by atoms with Crippen LogP contribution < -0.4 is 16.5 Å². The molecule has 0 fully saturated rings. The molecule has 0 aromatic heterocycles. The molecule has 0 radical (unpaired) electrons. The Hall–Kier alpha value is -5.58. The van der Waals surface area contributed by atoms with Crippen LogP contribution in [-0.4, -0.2) is 85.6 Å². The van der Waals surface area contributed by atoms with Gasteiger partial charge in [0.25, 0.3) is 29.5 Å². The highest BCUT2D eigenvalue weighted by molar-refractivity contribution is 6.09. The van der Waals surface area contributed by atoms with Gasteiger partial charge < -0.3 is 25.6 Å². The number of nitrogens with zero attached hydrogens (tertiary/aromatic N) is 3. The Balaban J connectivity index is 2.16. The number of primary amides is 1. The van der Waals surface area contributed by atoms with E-state index in [0.717, 1.165) is 16.9 Å². The summed E-state index contributed by atoms with van der Waals surface area (Å²) in [5.41, 5.74) is 8.26. The van der Waals surface area contributed by atoms with Crippen LogP contribution in [0.5, 0.6) is 0 Å². The molecule has 0 bridgehead atoms. The fourth-order valence-corrected chi connectivity index (χ4v) is 3.47. The third-order valence-corrected chi connectivity index (χ3v) is 5.62. The molecular formula is C26H26N6O8. The predicted molar refractivity (Wildman–Crippen MR) is 140 cm³/mol. The Morgan fingerprint density at radius 3 is 1.57 bits per heavy atom. The van der Waals surface area contributed by atoms with Crippen molar-refractivity contribution < 1.29 is 33.5 Å². The van der Waals surface area contributed by atoms with Gasteiger partial charge in [-0.3, -0.25) is 24.0 Å². The van der Waals surface area contributed by atoms with E-state index in [-0.39, 0.29) is 11.1 Å². The third-order valence-electron chi connectivity index (χ3n) is 5.62. The number of esters is 1. The van der Waals surface area contributed by atoms with E-state index in [9.17, 15) is 33.7 Å². The van der Waals surface area contributed by atoms with E-state index >= 15 is 0 Å². The van der Waals surface area contributed by atoms with E-state index in [1.807, 2.05) is 0 Å². The molecule has 4 N–H and O–H groups in total. The van der Waals surface area contributed by atoms with E-state index < -0.39 is 47.6 Å². The average molecular weight is 551 g/mol. The molecule has 2 unspecified atom stereocenters. The molecule has 40 heavy (non-hydrogen) atoms. The van der Waals surface area contributed by atoms with Crippen molar-refractivity contribution in [3.63, 3.8) is 0 Å². The largest absolute Gasteiger partial charge is 0.467 e. The van der Waals surface area contributed by atoms with Crippen molar-refractivity contribution in [2.24, 2.45) is 11.0 Å². The summed E-state index contributed by atoms with van der Waals surface area (Å²) in [5.74, 6) is 0.644. The highest BCUT2D eigenvalue weighted by atomic mass is 16.5. The van der Waals surface area contributed by atoms with Gasteiger partial charge in [0.15, 0.2) is 6.04 Å². The van der Waals surface area contributed by atoms with Crippen LogP contribution in [0.1, 0.15) is 31.8 Å². The number of likely N-dealkylation sites (N-methyl/N-ethyl adjacent to an activating group) is 3. The van der Waals surface area contributed by atoms with Gasteiger partial charge in [-0.1, -0.05) is 11.8 Å². The van der Waals surface area contributed by atoms with Crippen LogP contribution in [-0.2, 0) is 23.9 Å². The van der Waals surface area contributed by atoms with Gasteiger partial charge in [0, 0.05) is 43.4 Å². The quantitative estimate of drug-likeness (QED) is 0.118. The number of nitrogens with one attached hydrogen (secondary N) is 2. The van der Waals surface area contributed by atoms with E-state index in [1.54, 1.807) is 29.7 Å². The number of methoxy groups -OCH3 is 1. The number of nitroso groups, excluding NO2 is 1. The first kappa shape index (κ1) is 30.6. The summed E-state index contributed by atoms with van der Waals surface area (Å²) in [7, 11) is 4.84. The number of amides is 5. The van der Waals surface area contributed by atoms with Crippen LogP contribution in [0.3, 0.4) is 0 Å². The van der Waals surface area contributed by atoms with Gasteiger partial charge in [-0.25, -0.2) is 10.2 Å². The first-order valence-electron chi connectivity index (χ1n) is 11.4. The summed E-state index contributed by atoms with van der Waals surface area (Å²) in [4.78, 5) is 85.2. The second-order valence-corrected chi connectivity index (χ2v) is 8.15. The van der Waals surface area contributed by atoms with Crippen LogP contribution in [0.15, 0.2) is 53.8 Å². The number of rotatable bonds is 9. The van der Waals surface area contributed by atoms with Gasteiger partial charge in [0.2, 0.25) is 6.04 Å². The third kappa shape index (κ3) is 7.25. The lowest BCUT2D eigenvalue weighted by Crippen LogP contribution is -2.54. The van der Waals surface area contributed by atoms with Crippen molar-refractivity contribution in [2.45, 2.75) is 12.1 Å². The molecule has 5 amide bonds. The topological polar surface area (TPSA) is 198 Å². The van der Waals surface area contributed by atoms with Gasteiger partial charge >= 0.3 is 5.97 Å². The zero-order chi connectivity index (χ0) is 30.0. The van der Waals surface area contributed by atoms with Crippen molar-refractivity contribution in [1.82, 2.24) is 20.5 Å². The molecule has 0 saturated carbocycles. The Bertz CT molecular complexity index is 1380. The van der Waals surface area contributed by atoms with E-state index in [0.29, 0.717) is 11.1 Å². The van der Waals surface area contributed by atoms with Gasteiger partial charge in [0.1, 0.15) is 0 Å². The number of nitrogens with two attached hydrogens (primary N) is 1. The Labute approximate surface area is 228 Å². The summed E-state index contributed by atoms with van der Waals surface area (Å²) >= 11 is 0. The van der Waals surface area contributed by atoms with Crippen LogP contribution in [0.2, 0.25) is 0 Å². The molecule has 0 aliphatic heterocycles. The summed E-state index contributed by atoms with van der Waals surface area (Å²) in [6, 6.07) is 8.88. The predicted octanol–water partition coefficient (Wildman–Crippen LogP) is -0.830. The molecule has 0 heterocycles. The maximum absolute atomic E-state index is 12.8. The molecule has 0 saturated heterocycles. The fraction of sp³-hybridized carbons (Fsp3) is 0.231. The highest BCUT2D eigenvalue weighted by Gasteiger charge is 2.34. The van der Waals surface area contributed by atoms with Crippen LogP contribution in [0, 0.1) is 16.7 Å². The number of ether oxygens (including phenoxy) is 1. The van der Waals surface area contributed by atoms with Crippen LogP contribution >= 0.6 is 0 Å². The Morgan fingerprint density at radius 1 is 0.800 bits per heavy atom. The lowest BCUT2D eigenvalue weighted by Gasteiger charge is -2.24. The number of carbonyl (C=O) groups is 6. The molecule has 0 aliphatic carbocycles. The van der Waals surface area contributed by atoms with E-state index in [4.69, 9.17) is 5.73 Å². The fourth-order valence-electron chi connectivity index (χ4n) is 3.47. The average Bonchev–Trinajstić information content (AvgIpc) is 2.95. The van der Waals surface area contributed by atoms with E-state index in [1.165, 1.54) is 45.4 Å². The lowest BCUT2D eigenvalue weighted by atomic mass is 10.1. The Kier molecular flexibility index (Phi) is 10.6. The highest BCUT2D eigenvalue weighted by Crippen LogP contribution is 2.12. The van der Waals surface area contributed by atoms with Gasteiger partial charge in [-0.05, 0) is 48.5 Å². The van der Waals surface area contributed by atoms with Crippen LogP contribution in [0.25, 0.3) is 0 Å². The maximum atomic E-state index is 12.8. The monoisotopic (exact) mass is 550 g/mol. The second kappa shape index (κ2) is 13.8. The molecule has 14 nitrogen and oxygen atoms in total. The Morgan fingerprint density at radius 2 is 1.23 bits per heavy atom. The molecule has 0 aliphatic rings. The molecule has 2 rings (SSSR count). The minimum absolute atomic E-state index is 0.155. The summed E-state index contributed by atoms with van der Waals surface area (Å²) in [6.07, 6.45) is 0. The van der Waals surface area contributed by atoms with Gasteiger partial charge in [0.05, 0.1) is 12.4 Å². The molecule has 208 valence electrons. The summed E-state index contributed by atoms with van der Waals surface area (Å²) in [6.45, 7) is 0.